The van der Waals surface area contributed by atoms with Crippen molar-refractivity contribution >= 4 is 51.2 Å². The number of nitrogens with one attached hydrogen (secondary N) is 1. The molecule has 1 N–H and O–H groups in total. The monoisotopic (exact) mass is 394 g/mol. The first-order valence-electron chi connectivity index (χ1n) is 8.34. The molecule has 0 radical (unpaired) electrons. The van der Waals surface area contributed by atoms with Crippen LogP contribution in [0.25, 0.3) is 28.2 Å². The number of nitrogens with zero attached hydrogens (tertiary/aromatic N) is 1. The van der Waals surface area contributed by atoms with E-state index in [4.69, 9.17) is 17.2 Å². The summed E-state index contributed by atoms with van der Waals surface area (Å²) in [4.78, 5) is 17.2. The van der Waals surface area contributed by atoms with Crippen molar-refractivity contribution < 1.29 is 9.18 Å². The van der Waals surface area contributed by atoms with E-state index >= 15 is 0 Å². The molecule has 0 saturated carbocycles. The number of rotatable bonds is 2. The third-order valence-electron chi connectivity index (χ3n) is 4.42. The molecule has 0 atom stereocenters. The zero-order chi connectivity index (χ0) is 19.1. The number of hydrogen-bond acceptors (Lipinski definition) is 4. The molecular formula is C21H15FN2OS2. The lowest BCUT2D eigenvalue weighted by atomic mass is 10.0. The second-order valence-corrected chi connectivity index (χ2v) is 8.11. The molecule has 1 saturated heterocycles. The van der Waals surface area contributed by atoms with Crippen LogP contribution in [0, 0.1) is 19.7 Å². The predicted molar refractivity (Wildman–Crippen MR) is 113 cm³/mol. The van der Waals surface area contributed by atoms with E-state index in [0.717, 1.165) is 27.9 Å². The Kier molecular flexibility index (Phi) is 4.53. The maximum atomic E-state index is 14.1. The number of pyridine rings is 1. The van der Waals surface area contributed by atoms with Crippen LogP contribution in [0.1, 0.15) is 16.7 Å². The first-order chi connectivity index (χ1) is 12.9. The Morgan fingerprint density at radius 1 is 1.15 bits per heavy atom. The lowest BCUT2D eigenvalue weighted by Gasteiger charge is -2.10. The van der Waals surface area contributed by atoms with Crippen molar-refractivity contribution in [2.75, 3.05) is 0 Å². The number of aryl methyl sites for hydroxylation is 2. The van der Waals surface area contributed by atoms with E-state index in [0.29, 0.717) is 20.1 Å². The molecule has 1 aromatic heterocycles. The zero-order valence-corrected chi connectivity index (χ0v) is 16.3. The first kappa shape index (κ1) is 17.8. The fraction of sp³-hybridized carbons (Fsp3) is 0.0952. The summed E-state index contributed by atoms with van der Waals surface area (Å²) in [5, 5.41) is 3.14. The van der Waals surface area contributed by atoms with Gasteiger partial charge in [-0.05, 0) is 54.8 Å². The van der Waals surface area contributed by atoms with E-state index < -0.39 is 0 Å². The van der Waals surface area contributed by atoms with Crippen molar-refractivity contribution in [3.05, 3.63) is 69.9 Å². The van der Waals surface area contributed by atoms with Crippen LogP contribution >= 0.6 is 24.0 Å². The van der Waals surface area contributed by atoms with Gasteiger partial charge in [0.25, 0.3) is 5.91 Å². The summed E-state index contributed by atoms with van der Waals surface area (Å²) in [6, 6.07) is 12.8. The molecule has 134 valence electrons. The average molecular weight is 394 g/mol. The first-order valence-corrected chi connectivity index (χ1v) is 9.56. The van der Waals surface area contributed by atoms with Crippen LogP contribution in [-0.2, 0) is 4.79 Å². The molecule has 1 aliphatic rings. The van der Waals surface area contributed by atoms with E-state index in [2.05, 4.69) is 5.32 Å². The van der Waals surface area contributed by atoms with Crippen LogP contribution in [-0.4, -0.2) is 15.2 Å². The Morgan fingerprint density at radius 2 is 1.96 bits per heavy atom. The van der Waals surface area contributed by atoms with Gasteiger partial charge in [-0.3, -0.25) is 4.79 Å². The highest BCUT2D eigenvalue weighted by Crippen LogP contribution is 2.30. The molecule has 2 heterocycles. The predicted octanol–water partition coefficient (Wildman–Crippen LogP) is 5.15. The normalized spacial score (nSPS) is 15.6. The Morgan fingerprint density at radius 3 is 2.70 bits per heavy atom. The van der Waals surface area contributed by atoms with Gasteiger partial charge in [-0.25, -0.2) is 9.37 Å². The molecule has 3 aromatic rings. The summed E-state index contributed by atoms with van der Waals surface area (Å²) in [6.07, 6.45) is 1.81. The minimum absolute atomic E-state index is 0.179. The summed E-state index contributed by atoms with van der Waals surface area (Å²) in [6.45, 7) is 3.85. The van der Waals surface area contributed by atoms with Gasteiger partial charge in [0.15, 0.2) is 0 Å². The SMILES string of the molecule is Cc1cc2c(F)ccc(C)c2nc1-c1cccc(/C=C2\SC(=S)NC2=O)c1. The summed E-state index contributed by atoms with van der Waals surface area (Å²) < 4.78 is 14.6. The Balaban J connectivity index is 1.82. The van der Waals surface area contributed by atoms with Crippen LogP contribution in [0.2, 0.25) is 0 Å². The van der Waals surface area contributed by atoms with Gasteiger partial charge in [0.2, 0.25) is 0 Å². The molecule has 1 amide bonds. The average Bonchev–Trinajstić information content (AvgIpc) is 2.95. The number of amides is 1. The van der Waals surface area contributed by atoms with Crippen LogP contribution in [0.3, 0.4) is 0 Å². The van der Waals surface area contributed by atoms with Gasteiger partial charge in [0, 0.05) is 10.9 Å². The van der Waals surface area contributed by atoms with Crippen LogP contribution in [0.15, 0.2) is 47.4 Å². The summed E-state index contributed by atoms with van der Waals surface area (Å²) >= 11 is 6.28. The molecular weight excluding hydrogens is 379 g/mol. The Hall–Kier alpha value is -2.57. The van der Waals surface area contributed by atoms with Gasteiger partial charge < -0.3 is 5.32 Å². The van der Waals surface area contributed by atoms with Crippen molar-refractivity contribution in [2.24, 2.45) is 0 Å². The third-order valence-corrected chi connectivity index (χ3v) is 5.59. The van der Waals surface area contributed by atoms with Crippen molar-refractivity contribution in [3.8, 4) is 11.3 Å². The number of aromatic nitrogens is 1. The molecule has 1 fully saturated rings. The van der Waals surface area contributed by atoms with E-state index in [1.165, 1.54) is 17.8 Å². The van der Waals surface area contributed by atoms with Gasteiger partial charge >= 0.3 is 0 Å². The molecule has 2 aromatic carbocycles. The maximum absolute atomic E-state index is 14.1. The second kappa shape index (κ2) is 6.87. The number of hydrogen-bond donors (Lipinski definition) is 1. The molecule has 0 spiro atoms. The van der Waals surface area contributed by atoms with Crippen LogP contribution in [0.5, 0.6) is 0 Å². The van der Waals surface area contributed by atoms with Gasteiger partial charge in [-0.15, -0.1) is 0 Å². The minimum atomic E-state index is -0.267. The highest BCUT2D eigenvalue weighted by molar-refractivity contribution is 8.26. The number of carbonyl (C=O) groups is 1. The number of benzene rings is 2. The highest BCUT2D eigenvalue weighted by atomic mass is 32.2. The van der Waals surface area contributed by atoms with Gasteiger partial charge in [-0.1, -0.05) is 48.2 Å². The van der Waals surface area contributed by atoms with Gasteiger partial charge in [-0.2, -0.15) is 0 Å². The van der Waals surface area contributed by atoms with Crippen molar-refractivity contribution in [3.63, 3.8) is 0 Å². The summed E-state index contributed by atoms with van der Waals surface area (Å²) in [7, 11) is 0. The van der Waals surface area contributed by atoms with Gasteiger partial charge in [0.1, 0.15) is 10.1 Å². The molecule has 6 heteroatoms. The van der Waals surface area contributed by atoms with Crippen molar-refractivity contribution in [2.45, 2.75) is 13.8 Å². The smallest absolute Gasteiger partial charge is 0.263 e. The minimum Gasteiger partial charge on any atom is -0.307 e. The lowest BCUT2D eigenvalue weighted by molar-refractivity contribution is -0.115. The zero-order valence-electron chi connectivity index (χ0n) is 14.7. The Labute approximate surface area is 165 Å². The molecule has 4 rings (SSSR count). The lowest BCUT2D eigenvalue weighted by Crippen LogP contribution is -2.17. The number of thiocarbonyl (C=S) groups is 1. The largest absolute Gasteiger partial charge is 0.307 e. The number of halogens is 1. The van der Waals surface area contributed by atoms with E-state index in [9.17, 15) is 9.18 Å². The van der Waals surface area contributed by atoms with Crippen molar-refractivity contribution in [1.82, 2.24) is 10.3 Å². The molecule has 3 nitrogen and oxygen atoms in total. The number of fused-ring (bicyclic) bond motifs is 1. The molecule has 1 aliphatic heterocycles. The maximum Gasteiger partial charge on any atom is 0.263 e. The fourth-order valence-corrected chi connectivity index (χ4v) is 4.15. The van der Waals surface area contributed by atoms with Crippen LogP contribution < -0.4 is 5.32 Å². The number of thioether (sulfide) groups is 1. The van der Waals surface area contributed by atoms with Gasteiger partial charge in [0.05, 0.1) is 16.1 Å². The summed E-state index contributed by atoms with van der Waals surface area (Å²) in [5.41, 5.74) is 5.08. The quantitative estimate of drug-likeness (QED) is 0.482. The molecule has 0 unspecified atom stereocenters. The Bertz CT molecular complexity index is 1150. The molecule has 0 aliphatic carbocycles. The fourth-order valence-electron chi connectivity index (χ4n) is 3.10. The standard InChI is InChI=1S/C21H15FN2OS2/c1-11-6-7-16(22)15-8-12(2)18(23-19(11)15)14-5-3-4-13(9-14)10-17-20(25)24-21(26)27-17/h3-10H,1-2H3,(H,24,25,26)/b17-10-. The van der Waals surface area contributed by atoms with Crippen molar-refractivity contribution in [1.29, 1.82) is 0 Å². The number of carbonyl (C=O) groups excluding carboxylic acids is 1. The summed E-state index contributed by atoms with van der Waals surface area (Å²) in [5.74, 6) is -0.446. The molecule has 0 bridgehead atoms. The van der Waals surface area contributed by atoms with E-state index in [1.807, 2.05) is 50.3 Å². The third kappa shape index (κ3) is 3.38. The molecule has 27 heavy (non-hydrogen) atoms. The topological polar surface area (TPSA) is 42.0 Å². The highest BCUT2D eigenvalue weighted by Gasteiger charge is 2.22. The van der Waals surface area contributed by atoms with E-state index in [-0.39, 0.29) is 11.7 Å². The second-order valence-electron chi connectivity index (χ2n) is 6.39. The van der Waals surface area contributed by atoms with Crippen LogP contribution in [0.4, 0.5) is 4.39 Å². The van der Waals surface area contributed by atoms with E-state index in [1.54, 1.807) is 6.07 Å².